The van der Waals surface area contributed by atoms with Crippen molar-refractivity contribution in [3.05, 3.63) is 47.5 Å². The van der Waals surface area contributed by atoms with E-state index in [1.165, 1.54) is 0 Å². The van der Waals surface area contributed by atoms with Crippen LogP contribution in [0.2, 0.25) is 0 Å². The molecule has 0 aliphatic carbocycles. The summed E-state index contributed by atoms with van der Waals surface area (Å²) in [6.07, 6.45) is 6.43. The molecule has 2 aliphatic rings. The quantitative estimate of drug-likeness (QED) is 0.717. The maximum absolute atomic E-state index is 12.9. The number of aryl methyl sites for hydroxylation is 2. The molecule has 3 atom stereocenters. The molecule has 8 heteroatoms. The molecule has 5 rings (SSSR count). The Labute approximate surface area is 169 Å². The molecule has 2 aliphatic heterocycles. The van der Waals surface area contributed by atoms with Crippen LogP contribution in [-0.2, 0) is 12.8 Å². The number of amides is 1. The van der Waals surface area contributed by atoms with Crippen molar-refractivity contribution in [2.45, 2.75) is 64.1 Å². The smallest absolute Gasteiger partial charge is 0.270 e. The van der Waals surface area contributed by atoms with Gasteiger partial charge in [0.2, 0.25) is 5.95 Å². The molecule has 0 aromatic carbocycles. The van der Waals surface area contributed by atoms with Gasteiger partial charge in [0.25, 0.3) is 5.91 Å². The Morgan fingerprint density at radius 2 is 2.00 bits per heavy atom. The van der Waals surface area contributed by atoms with E-state index in [1.54, 1.807) is 10.7 Å². The predicted molar refractivity (Wildman–Crippen MR) is 109 cm³/mol. The normalized spacial score (nSPS) is 23.1. The number of hydrogen-bond donors (Lipinski definition) is 1. The van der Waals surface area contributed by atoms with Crippen LogP contribution < -0.4 is 10.2 Å². The zero-order valence-corrected chi connectivity index (χ0v) is 16.7. The van der Waals surface area contributed by atoms with Crippen LogP contribution in [0.3, 0.4) is 0 Å². The van der Waals surface area contributed by atoms with Gasteiger partial charge in [-0.05, 0) is 56.4 Å². The highest BCUT2D eigenvalue weighted by molar-refractivity contribution is 5.94. The van der Waals surface area contributed by atoms with Crippen molar-refractivity contribution in [2.24, 2.45) is 0 Å². The summed E-state index contributed by atoms with van der Waals surface area (Å²) < 4.78 is 1.68. The van der Waals surface area contributed by atoms with Crippen LogP contribution in [-0.4, -0.2) is 48.8 Å². The second-order valence-corrected chi connectivity index (χ2v) is 7.81. The predicted octanol–water partition coefficient (Wildman–Crippen LogP) is 2.18. The maximum atomic E-state index is 12.9. The first-order chi connectivity index (χ1) is 14.2. The Balaban J connectivity index is 1.37. The molecule has 1 N–H and O–H groups in total. The van der Waals surface area contributed by atoms with Gasteiger partial charge in [-0.3, -0.25) is 4.79 Å². The molecule has 0 saturated carbocycles. The Hall–Kier alpha value is -3.03. The second kappa shape index (κ2) is 7.09. The number of nitrogens with one attached hydrogen (secondary N) is 1. The summed E-state index contributed by atoms with van der Waals surface area (Å²) in [6, 6.07) is 8.19. The molecular formula is C21H25N7O. The summed E-state index contributed by atoms with van der Waals surface area (Å²) in [6.45, 7) is 4.18. The minimum absolute atomic E-state index is 0.0787. The summed E-state index contributed by atoms with van der Waals surface area (Å²) in [5, 5.41) is 16.4. The van der Waals surface area contributed by atoms with Gasteiger partial charge in [0.1, 0.15) is 5.69 Å². The number of aromatic nitrogens is 5. The molecule has 8 nitrogen and oxygen atoms in total. The summed E-state index contributed by atoms with van der Waals surface area (Å²) in [5.74, 6) is 0.619. The third-order valence-corrected chi connectivity index (χ3v) is 6.23. The van der Waals surface area contributed by atoms with Gasteiger partial charge in [-0.25, -0.2) is 9.50 Å². The van der Waals surface area contributed by atoms with E-state index in [0.717, 1.165) is 49.0 Å². The highest BCUT2D eigenvalue weighted by Crippen LogP contribution is 2.40. The fourth-order valence-electron chi connectivity index (χ4n) is 4.85. The largest absolute Gasteiger partial charge is 0.346 e. The van der Waals surface area contributed by atoms with Crippen LogP contribution in [0.25, 0.3) is 5.52 Å². The molecule has 1 amide bonds. The Kier molecular flexibility index (Phi) is 4.41. The number of carbonyl (C=O) groups excluding carboxylic acids is 1. The van der Waals surface area contributed by atoms with E-state index >= 15 is 0 Å². The number of rotatable bonds is 5. The lowest BCUT2D eigenvalue weighted by Crippen LogP contribution is -2.44. The molecule has 3 aromatic heterocycles. The van der Waals surface area contributed by atoms with E-state index in [0.29, 0.717) is 17.7 Å². The molecule has 2 saturated heterocycles. The standard InChI is InChI=1S/C21H25N7O/c1-3-15-16(4-2)25-26-21(24-15)27-14-8-9-18(27)17(12-14)23-20(29)19-10-7-13-6-5-11-22-28(13)19/h5-7,10-11,14,17-18H,3-4,8-9,12H2,1-2H3,(H,23,29)/t14-,17+,18+/m1/s1. The molecule has 2 bridgehead atoms. The Morgan fingerprint density at radius 1 is 1.14 bits per heavy atom. The van der Waals surface area contributed by atoms with Gasteiger partial charge in [0.15, 0.2) is 0 Å². The van der Waals surface area contributed by atoms with Crippen LogP contribution in [0.5, 0.6) is 0 Å². The molecule has 3 aromatic rings. The first-order valence-corrected chi connectivity index (χ1v) is 10.4. The van der Waals surface area contributed by atoms with E-state index in [9.17, 15) is 4.79 Å². The van der Waals surface area contributed by atoms with Crippen LogP contribution in [0.15, 0.2) is 30.5 Å². The minimum Gasteiger partial charge on any atom is -0.346 e. The monoisotopic (exact) mass is 391 g/mol. The van der Waals surface area contributed by atoms with Gasteiger partial charge in [-0.2, -0.15) is 10.2 Å². The molecule has 0 unspecified atom stereocenters. The third kappa shape index (κ3) is 2.94. The maximum Gasteiger partial charge on any atom is 0.270 e. The lowest BCUT2D eigenvalue weighted by Gasteiger charge is -2.25. The van der Waals surface area contributed by atoms with E-state index in [1.807, 2.05) is 24.3 Å². The van der Waals surface area contributed by atoms with Gasteiger partial charge in [0.05, 0.1) is 29.0 Å². The first kappa shape index (κ1) is 18.0. The van der Waals surface area contributed by atoms with Crippen molar-refractivity contribution in [1.29, 1.82) is 0 Å². The number of nitrogens with zero attached hydrogens (tertiary/aromatic N) is 6. The van der Waals surface area contributed by atoms with Crippen molar-refractivity contribution < 1.29 is 4.79 Å². The van der Waals surface area contributed by atoms with E-state index in [4.69, 9.17) is 4.98 Å². The lowest BCUT2D eigenvalue weighted by atomic mass is 9.95. The van der Waals surface area contributed by atoms with Crippen LogP contribution >= 0.6 is 0 Å². The Bertz CT molecular complexity index is 1060. The van der Waals surface area contributed by atoms with Gasteiger partial charge >= 0.3 is 0 Å². The van der Waals surface area contributed by atoms with Crippen LogP contribution in [0.4, 0.5) is 5.95 Å². The molecule has 0 radical (unpaired) electrons. The number of carbonyl (C=O) groups is 1. The van der Waals surface area contributed by atoms with Crippen molar-refractivity contribution in [1.82, 2.24) is 30.1 Å². The zero-order chi connectivity index (χ0) is 20.0. The van der Waals surface area contributed by atoms with E-state index < -0.39 is 0 Å². The number of hydrogen-bond acceptors (Lipinski definition) is 6. The highest BCUT2D eigenvalue weighted by Gasteiger charge is 2.48. The zero-order valence-electron chi connectivity index (χ0n) is 16.7. The minimum atomic E-state index is -0.0872. The SMILES string of the molecule is CCc1nnc(N2[C@@H]3CC[C@H]2[C@@H](NC(=O)c2ccc4cccnn24)C3)nc1CC. The molecule has 0 spiro atoms. The van der Waals surface area contributed by atoms with Crippen molar-refractivity contribution in [2.75, 3.05) is 4.90 Å². The van der Waals surface area contributed by atoms with Crippen molar-refractivity contribution >= 4 is 17.4 Å². The summed E-state index contributed by atoms with van der Waals surface area (Å²) >= 11 is 0. The van der Waals surface area contributed by atoms with E-state index in [-0.39, 0.29) is 18.0 Å². The molecule has 150 valence electrons. The van der Waals surface area contributed by atoms with Gasteiger partial charge in [0, 0.05) is 12.2 Å². The van der Waals surface area contributed by atoms with E-state index in [2.05, 4.69) is 39.4 Å². The Morgan fingerprint density at radius 3 is 2.83 bits per heavy atom. The second-order valence-electron chi connectivity index (χ2n) is 7.81. The third-order valence-electron chi connectivity index (χ3n) is 6.23. The lowest BCUT2D eigenvalue weighted by molar-refractivity contribution is 0.0924. The van der Waals surface area contributed by atoms with Crippen molar-refractivity contribution in [3.8, 4) is 0 Å². The fourth-order valence-corrected chi connectivity index (χ4v) is 4.85. The van der Waals surface area contributed by atoms with Crippen molar-refractivity contribution in [3.63, 3.8) is 0 Å². The van der Waals surface area contributed by atoms with Crippen LogP contribution in [0.1, 0.15) is 55.0 Å². The van der Waals surface area contributed by atoms with Gasteiger partial charge in [-0.1, -0.05) is 13.8 Å². The fraction of sp³-hybridized carbons (Fsp3) is 0.476. The molecule has 5 heterocycles. The molecular weight excluding hydrogens is 366 g/mol. The first-order valence-electron chi connectivity index (χ1n) is 10.4. The summed E-state index contributed by atoms with van der Waals surface area (Å²) in [7, 11) is 0. The number of fused-ring (bicyclic) bond motifs is 3. The molecule has 29 heavy (non-hydrogen) atoms. The van der Waals surface area contributed by atoms with Gasteiger partial charge < -0.3 is 10.2 Å². The summed E-state index contributed by atoms with van der Waals surface area (Å²) in [4.78, 5) is 20.0. The highest BCUT2D eigenvalue weighted by atomic mass is 16.2. The van der Waals surface area contributed by atoms with Gasteiger partial charge in [-0.15, -0.1) is 5.10 Å². The average Bonchev–Trinajstić information content (AvgIpc) is 3.45. The summed E-state index contributed by atoms with van der Waals surface area (Å²) in [5.41, 5.74) is 3.47. The number of anilines is 1. The van der Waals surface area contributed by atoms with Crippen LogP contribution in [0, 0.1) is 0 Å². The molecule has 2 fully saturated rings. The topological polar surface area (TPSA) is 88.3 Å². The average molecular weight is 391 g/mol.